The van der Waals surface area contributed by atoms with Crippen molar-refractivity contribution in [3.05, 3.63) is 23.8 Å². The zero-order chi connectivity index (χ0) is 16.9. The second kappa shape index (κ2) is 7.60. The predicted octanol–water partition coefficient (Wildman–Crippen LogP) is 1.54. The van der Waals surface area contributed by atoms with E-state index in [0.717, 1.165) is 10.7 Å². The van der Waals surface area contributed by atoms with Crippen LogP contribution in [-0.4, -0.2) is 45.4 Å². The molecule has 0 aliphatic heterocycles. The van der Waals surface area contributed by atoms with Crippen LogP contribution < -0.4 is 10.1 Å². The Balaban J connectivity index is 2.77. The Labute approximate surface area is 132 Å². The molecule has 1 amide bonds. The maximum absolute atomic E-state index is 12.0. The molecule has 0 bridgehead atoms. The van der Waals surface area contributed by atoms with E-state index in [1.165, 1.54) is 26.2 Å². The Bertz CT molecular complexity index is 626. The maximum atomic E-state index is 12.0. The van der Waals surface area contributed by atoms with Crippen LogP contribution in [0.3, 0.4) is 0 Å². The van der Waals surface area contributed by atoms with Crippen LogP contribution in [0.4, 0.5) is 0 Å². The number of nitrogens with one attached hydrogen (secondary N) is 1. The third kappa shape index (κ3) is 4.71. The summed E-state index contributed by atoms with van der Waals surface area (Å²) in [5.74, 6) is 0.302. The quantitative estimate of drug-likeness (QED) is 0.824. The van der Waals surface area contributed by atoms with Crippen LogP contribution in [0.2, 0.25) is 0 Å². The number of hydrogen-bond acceptors (Lipinski definition) is 4. The van der Waals surface area contributed by atoms with Crippen molar-refractivity contribution in [2.24, 2.45) is 0 Å². The molecule has 0 radical (unpaired) electrons. The van der Waals surface area contributed by atoms with Crippen molar-refractivity contribution in [1.82, 2.24) is 9.62 Å². The van der Waals surface area contributed by atoms with Crippen molar-refractivity contribution in [2.75, 3.05) is 20.7 Å². The summed E-state index contributed by atoms with van der Waals surface area (Å²) in [6, 6.07) is 4.69. The van der Waals surface area contributed by atoms with Gasteiger partial charge in [0, 0.05) is 20.1 Å². The van der Waals surface area contributed by atoms with Gasteiger partial charge in [-0.05, 0) is 44.0 Å². The monoisotopic (exact) mass is 328 g/mol. The highest BCUT2D eigenvalue weighted by Crippen LogP contribution is 2.23. The highest BCUT2D eigenvalue weighted by atomic mass is 32.2. The lowest BCUT2D eigenvalue weighted by Gasteiger charge is -2.15. The zero-order valence-electron chi connectivity index (χ0n) is 13.7. The third-order valence-corrected chi connectivity index (χ3v) is 5.11. The fourth-order valence-electron chi connectivity index (χ4n) is 1.72. The van der Waals surface area contributed by atoms with Crippen LogP contribution in [0.15, 0.2) is 23.1 Å². The summed E-state index contributed by atoms with van der Waals surface area (Å²) < 4.78 is 30.7. The first kappa shape index (κ1) is 18.4. The third-order valence-electron chi connectivity index (χ3n) is 3.30. The first-order valence-electron chi connectivity index (χ1n) is 7.13. The number of rotatable bonds is 7. The highest BCUT2D eigenvalue weighted by Gasteiger charge is 2.18. The Kier molecular flexibility index (Phi) is 6.37. The van der Waals surface area contributed by atoms with Crippen LogP contribution in [0.1, 0.15) is 25.8 Å². The number of nitrogens with zero attached hydrogens (tertiary/aromatic N) is 1. The molecule has 124 valence electrons. The molecule has 1 N–H and O–H groups in total. The van der Waals surface area contributed by atoms with E-state index in [1.54, 1.807) is 13.0 Å². The molecular weight excluding hydrogens is 304 g/mol. The molecule has 0 fully saturated rings. The summed E-state index contributed by atoms with van der Waals surface area (Å²) in [5, 5.41) is 2.80. The number of amides is 1. The molecule has 0 aliphatic carbocycles. The molecular formula is C15H24N2O4S. The van der Waals surface area contributed by atoms with Gasteiger partial charge >= 0.3 is 0 Å². The average Bonchev–Trinajstić information content (AvgIpc) is 2.45. The van der Waals surface area contributed by atoms with Crippen LogP contribution in [0.25, 0.3) is 0 Å². The SMILES string of the molecule is CC[C@@H](C)NC(=O)COc1ccc(S(=O)(=O)N(C)C)cc1C. The number of hydrogen-bond donors (Lipinski definition) is 1. The molecule has 6 nitrogen and oxygen atoms in total. The zero-order valence-corrected chi connectivity index (χ0v) is 14.5. The van der Waals surface area contributed by atoms with Gasteiger partial charge in [-0.3, -0.25) is 4.79 Å². The van der Waals surface area contributed by atoms with Crippen LogP contribution in [0, 0.1) is 6.92 Å². The molecule has 0 unspecified atom stereocenters. The summed E-state index contributed by atoms with van der Waals surface area (Å²) in [7, 11) is -0.507. The van der Waals surface area contributed by atoms with Gasteiger partial charge in [0.2, 0.25) is 10.0 Å². The minimum atomic E-state index is -3.47. The minimum absolute atomic E-state index is 0.0923. The number of benzene rings is 1. The van der Waals surface area contributed by atoms with E-state index in [9.17, 15) is 13.2 Å². The predicted molar refractivity (Wildman–Crippen MR) is 85.4 cm³/mol. The average molecular weight is 328 g/mol. The van der Waals surface area contributed by atoms with Gasteiger partial charge in [-0.1, -0.05) is 6.92 Å². The van der Waals surface area contributed by atoms with Gasteiger partial charge < -0.3 is 10.1 Å². The van der Waals surface area contributed by atoms with Gasteiger partial charge in [0.1, 0.15) is 5.75 Å². The van der Waals surface area contributed by atoms with E-state index in [-0.39, 0.29) is 23.5 Å². The van der Waals surface area contributed by atoms with E-state index in [2.05, 4.69) is 5.32 Å². The molecule has 22 heavy (non-hydrogen) atoms. The Morgan fingerprint density at radius 3 is 2.50 bits per heavy atom. The molecule has 7 heteroatoms. The van der Waals surface area contributed by atoms with Gasteiger partial charge in [-0.15, -0.1) is 0 Å². The fourth-order valence-corrected chi connectivity index (χ4v) is 2.70. The Hall–Kier alpha value is -1.60. The lowest BCUT2D eigenvalue weighted by Crippen LogP contribution is -2.35. The topological polar surface area (TPSA) is 75.7 Å². The summed E-state index contributed by atoms with van der Waals surface area (Å²) in [4.78, 5) is 11.9. The van der Waals surface area contributed by atoms with E-state index in [1.807, 2.05) is 13.8 Å². The molecule has 1 atom stereocenters. The number of aryl methyl sites for hydroxylation is 1. The van der Waals surface area contributed by atoms with Crippen molar-refractivity contribution >= 4 is 15.9 Å². The summed E-state index contributed by atoms with van der Waals surface area (Å²) in [5.41, 5.74) is 0.666. The second-order valence-corrected chi connectivity index (χ2v) is 7.53. The second-order valence-electron chi connectivity index (χ2n) is 5.38. The van der Waals surface area contributed by atoms with Crippen molar-refractivity contribution in [2.45, 2.75) is 38.1 Å². The Morgan fingerprint density at radius 2 is 2.00 bits per heavy atom. The Morgan fingerprint density at radius 1 is 1.36 bits per heavy atom. The molecule has 1 aromatic rings. The van der Waals surface area contributed by atoms with Crippen molar-refractivity contribution < 1.29 is 17.9 Å². The summed E-state index contributed by atoms with van der Waals surface area (Å²) >= 11 is 0. The molecule has 0 aromatic heterocycles. The summed E-state index contributed by atoms with van der Waals surface area (Å²) in [6.07, 6.45) is 0.849. The van der Waals surface area contributed by atoms with Gasteiger partial charge in [0.05, 0.1) is 4.90 Å². The van der Waals surface area contributed by atoms with E-state index in [4.69, 9.17) is 4.74 Å². The van der Waals surface area contributed by atoms with Gasteiger partial charge in [-0.25, -0.2) is 12.7 Å². The van der Waals surface area contributed by atoms with E-state index in [0.29, 0.717) is 11.3 Å². The van der Waals surface area contributed by atoms with Crippen LogP contribution in [0.5, 0.6) is 5.75 Å². The van der Waals surface area contributed by atoms with Crippen LogP contribution in [-0.2, 0) is 14.8 Å². The van der Waals surface area contributed by atoms with E-state index >= 15 is 0 Å². The number of carbonyl (C=O) groups is 1. The number of ether oxygens (including phenoxy) is 1. The smallest absolute Gasteiger partial charge is 0.258 e. The molecule has 1 aromatic carbocycles. The molecule has 1 rings (SSSR count). The van der Waals surface area contributed by atoms with Gasteiger partial charge in [0.15, 0.2) is 6.61 Å². The van der Waals surface area contributed by atoms with Crippen LogP contribution >= 0.6 is 0 Å². The lowest BCUT2D eigenvalue weighted by atomic mass is 10.2. The normalized spacial score (nSPS) is 13.0. The highest BCUT2D eigenvalue weighted by molar-refractivity contribution is 7.89. The maximum Gasteiger partial charge on any atom is 0.258 e. The van der Waals surface area contributed by atoms with Gasteiger partial charge in [0.25, 0.3) is 5.91 Å². The largest absolute Gasteiger partial charge is 0.484 e. The first-order valence-corrected chi connectivity index (χ1v) is 8.57. The molecule has 0 saturated carbocycles. The first-order chi connectivity index (χ1) is 10.2. The molecule has 0 spiro atoms. The van der Waals surface area contributed by atoms with Crippen molar-refractivity contribution in [3.8, 4) is 5.75 Å². The van der Waals surface area contributed by atoms with Crippen molar-refractivity contribution in [1.29, 1.82) is 0 Å². The van der Waals surface area contributed by atoms with Crippen molar-refractivity contribution in [3.63, 3.8) is 0 Å². The summed E-state index contributed by atoms with van der Waals surface area (Å²) in [6.45, 7) is 5.56. The molecule has 0 heterocycles. The lowest BCUT2D eigenvalue weighted by molar-refractivity contribution is -0.123. The van der Waals surface area contributed by atoms with Gasteiger partial charge in [-0.2, -0.15) is 0 Å². The molecule has 0 saturated heterocycles. The minimum Gasteiger partial charge on any atom is -0.484 e. The number of sulfonamides is 1. The molecule has 0 aliphatic rings. The fraction of sp³-hybridized carbons (Fsp3) is 0.533. The van der Waals surface area contributed by atoms with E-state index < -0.39 is 10.0 Å². The number of carbonyl (C=O) groups excluding carboxylic acids is 1. The standard InChI is InChI=1S/C15H24N2O4S/c1-6-12(3)16-15(18)10-21-14-8-7-13(9-11(14)2)22(19,20)17(4)5/h7-9,12H,6,10H2,1-5H3,(H,16,18)/t12-/m1/s1.